The molecule has 2 aliphatic rings. The normalized spacial score (nSPS) is 20.9. The van der Waals surface area contributed by atoms with E-state index in [2.05, 4.69) is 4.98 Å². The van der Waals surface area contributed by atoms with Crippen LogP contribution in [0.1, 0.15) is 40.7 Å². The number of hydrogen-bond acceptors (Lipinski definition) is 2. The van der Waals surface area contributed by atoms with Crippen LogP contribution in [-0.4, -0.2) is 52.8 Å². The third-order valence-corrected chi connectivity index (χ3v) is 7.19. The number of nitrogens with zero attached hydrogens (tertiary/aromatic N) is 2. The van der Waals surface area contributed by atoms with Crippen molar-refractivity contribution in [3.8, 4) is 0 Å². The van der Waals surface area contributed by atoms with Gasteiger partial charge in [-0.2, -0.15) is 13.2 Å². The number of piperidine rings is 1. The van der Waals surface area contributed by atoms with Crippen LogP contribution >= 0.6 is 0 Å². The maximum atomic E-state index is 13.1. The Balaban J connectivity index is 1.26. The van der Waals surface area contributed by atoms with Crippen LogP contribution in [0, 0.1) is 5.41 Å². The summed E-state index contributed by atoms with van der Waals surface area (Å²) in [7, 11) is 0. The molecular formula is C26H26F3N3O2. The van der Waals surface area contributed by atoms with E-state index < -0.39 is 11.7 Å². The molecule has 8 heteroatoms. The minimum Gasteiger partial charge on any atom is -0.361 e. The van der Waals surface area contributed by atoms with Gasteiger partial charge in [0.1, 0.15) is 0 Å². The van der Waals surface area contributed by atoms with E-state index in [1.807, 2.05) is 35.4 Å². The number of H-pyrrole nitrogens is 1. The second-order valence-corrected chi connectivity index (χ2v) is 9.51. The molecule has 0 radical (unpaired) electrons. The number of aromatic amines is 1. The lowest BCUT2D eigenvalue weighted by molar-refractivity contribution is -0.137. The highest BCUT2D eigenvalue weighted by molar-refractivity contribution is 5.94. The summed E-state index contributed by atoms with van der Waals surface area (Å²) >= 11 is 0. The molecule has 178 valence electrons. The summed E-state index contributed by atoms with van der Waals surface area (Å²) in [5, 5.41) is 1.04. The second kappa shape index (κ2) is 8.49. The predicted molar refractivity (Wildman–Crippen MR) is 122 cm³/mol. The summed E-state index contributed by atoms with van der Waals surface area (Å²) in [6, 6.07) is 12.5. The molecule has 3 aromatic rings. The van der Waals surface area contributed by atoms with Gasteiger partial charge in [-0.1, -0.05) is 24.3 Å². The number of amides is 2. The molecule has 1 N–H and O–H groups in total. The molecule has 3 heterocycles. The predicted octanol–water partition coefficient (Wildman–Crippen LogP) is 4.88. The Bertz CT molecular complexity index is 1240. The molecule has 5 rings (SSSR count). The lowest BCUT2D eigenvalue weighted by atomic mass is 9.79. The minimum atomic E-state index is -4.49. The zero-order valence-electron chi connectivity index (χ0n) is 18.7. The van der Waals surface area contributed by atoms with Gasteiger partial charge in [0.2, 0.25) is 5.91 Å². The molecule has 2 saturated heterocycles. The lowest BCUT2D eigenvalue weighted by Gasteiger charge is -2.40. The van der Waals surface area contributed by atoms with Crippen LogP contribution in [0.2, 0.25) is 0 Å². The average Bonchev–Trinajstić information content (AvgIpc) is 3.43. The van der Waals surface area contributed by atoms with Crippen LogP contribution < -0.4 is 0 Å². The summed E-state index contributed by atoms with van der Waals surface area (Å²) in [5.74, 6) is -0.322. The van der Waals surface area contributed by atoms with Crippen LogP contribution in [0.4, 0.5) is 13.2 Å². The Hall–Kier alpha value is -3.29. The number of benzene rings is 2. The van der Waals surface area contributed by atoms with Gasteiger partial charge < -0.3 is 14.8 Å². The Morgan fingerprint density at radius 1 is 0.971 bits per heavy atom. The largest absolute Gasteiger partial charge is 0.416 e. The Morgan fingerprint density at radius 2 is 1.76 bits per heavy atom. The molecule has 1 unspecified atom stereocenters. The first-order chi connectivity index (χ1) is 16.2. The maximum Gasteiger partial charge on any atom is 0.416 e. The van der Waals surface area contributed by atoms with Crippen LogP contribution in [0.5, 0.6) is 0 Å². The highest BCUT2D eigenvalue weighted by atomic mass is 19.4. The van der Waals surface area contributed by atoms with Gasteiger partial charge in [0, 0.05) is 54.3 Å². The lowest BCUT2D eigenvalue weighted by Crippen LogP contribution is -2.47. The van der Waals surface area contributed by atoms with Gasteiger partial charge in [0.25, 0.3) is 5.91 Å². The SMILES string of the molecule is O=C(Cc1c[nH]c2ccccc12)N1CCC2(CCCN(C(=O)c3cccc(C(F)(F)F)c3)C2)C1. The quantitative estimate of drug-likeness (QED) is 0.594. The fourth-order valence-corrected chi connectivity index (χ4v) is 5.43. The summed E-state index contributed by atoms with van der Waals surface area (Å²) in [6.07, 6.45) is 0.165. The first kappa shape index (κ1) is 22.5. The smallest absolute Gasteiger partial charge is 0.361 e. The van der Waals surface area contributed by atoms with Gasteiger partial charge in [0.15, 0.2) is 0 Å². The topological polar surface area (TPSA) is 56.4 Å². The van der Waals surface area contributed by atoms with Crippen LogP contribution in [0.15, 0.2) is 54.7 Å². The molecule has 0 saturated carbocycles. The number of hydrogen-bond donors (Lipinski definition) is 1. The van der Waals surface area contributed by atoms with Gasteiger partial charge >= 0.3 is 6.18 Å². The van der Waals surface area contributed by atoms with E-state index in [1.54, 1.807) is 4.90 Å². The fourth-order valence-electron chi connectivity index (χ4n) is 5.43. The van der Waals surface area contributed by atoms with Crippen molar-refractivity contribution >= 4 is 22.7 Å². The van der Waals surface area contributed by atoms with Crippen LogP contribution in [0.3, 0.4) is 0 Å². The van der Waals surface area contributed by atoms with E-state index in [4.69, 9.17) is 0 Å². The van der Waals surface area contributed by atoms with Gasteiger partial charge in [-0.15, -0.1) is 0 Å². The van der Waals surface area contributed by atoms with E-state index in [9.17, 15) is 22.8 Å². The number of alkyl halides is 3. The maximum absolute atomic E-state index is 13.1. The number of para-hydroxylation sites is 1. The first-order valence-electron chi connectivity index (χ1n) is 11.5. The number of aromatic nitrogens is 1. The third-order valence-electron chi connectivity index (χ3n) is 7.19. The zero-order valence-corrected chi connectivity index (χ0v) is 18.7. The van der Waals surface area contributed by atoms with Crippen molar-refractivity contribution in [2.24, 2.45) is 5.41 Å². The standard InChI is InChI=1S/C26H26F3N3O2/c27-26(28,29)20-6-3-5-18(13-20)24(34)32-11-4-9-25(17-32)10-12-31(16-25)23(33)14-19-15-30-22-8-2-1-7-21(19)22/h1-3,5-8,13,15,30H,4,9-12,14,16-17H2. The Kier molecular flexibility index (Phi) is 5.62. The van der Waals surface area contributed by atoms with Gasteiger partial charge in [-0.3, -0.25) is 9.59 Å². The van der Waals surface area contributed by atoms with E-state index in [0.29, 0.717) is 32.6 Å². The number of rotatable bonds is 3. The number of nitrogens with one attached hydrogen (secondary N) is 1. The summed E-state index contributed by atoms with van der Waals surface area (Å²) < 4.78 is 39.3. The van der Waals surface area contributed by atoms with E-state index in [1.165, 1.54) is 12.1 Å². The second-order valence-electron chi connectivity index (χ2n) is 9.51. The fraction of sp³-hybridized carbons (Fsp3) is 0.385. The summed E-state index contributed by atoms with van der Waals surface area (Å²) in [6.45, 7) is 2.17. The molecule has 0 aliphatic carbocycles. The number of likely N-dealkylation sites (tertiary alicyclic amines) is 2. The van der Waals surface area contributed by atoms with E-state index >= 15 is 0 Å². The Labute approximate surface area is 195 Å². The monoisotopic (exact) mass is 469 g/mol. The van der Waals surface area contributed by atoms with Crippen LogP contribution in [0.25, 0.3) is 10.9 Å². The van der Waals surface area contributed by atoms with Crippen molar-refractivity contribution in [2.75, 3.05) is 26.2 Å². The molecule has 5 nitrogen and oxygen atoms in total. The molecule has 2 aliphatic heterocycles. The van der Waals surface area contributed by atoms with Crippen molar-refractivity contribution in [1.29, 1.82) is 0 Å². The van der Waals surface area contributed by atoms with E-state index in [-0.39, 0.29) is 22.8 Å². The zero-order chi connectivity index (χ0) is 23.9. The van der Waals surface area contributed by atoms with Crippen molar-refractivity contribution in [1.82, 2.24) is 14.8 Å². The Morgan fingerprint density at radius 3 is 2.59 bits per heavy atom. The molecule has 1 spiro atoms. The molecule has 2 fully saturated rings. The molecule has 1 aromatic heterocycles. The van der Waals surface area contributed by atoms with Crippen molar-refractivity contribution < 1.29 is 22.8 Å². The van der Waals surface area contributed by atoms with Crippen molar-refractivity contribution in [3.05, 3.63) is 71.4 Å². The summed E-state index contributed by atoms with van der Waals surface area (Å²) in [5.41, 5.74) is 0.994. The van der Waals surface area contributed by atoms with Gasteiger partial charge in [-0.25, -0.2) is 0 Å². The highest BCUT2D eigenvalue weighted by Crippen LogP contribution is 2.40. The average molecular weight is 470 g/mol. The molecule has 1 atom stereocenters. The summed E-state index contributed by atoms with van der Waals surface area (Å²) in [4.78, 5) is 32.9. The van der Waals surface area contributed by atoms with Crippen molar-refractivity contribution in [2.45, 2.75) is 31.9 Å². The molecular weight excluding hydrogens is 443 g/mol. The van der Waals surface area contributed by atoms with E-state index in [0.717, 1.165) is 47.9 Å². The number of carbonyl (C=O) groups excluding carboxylic acids is 2. The molecule has 2 amide bonds. The molecule has 2 aromatic carbocycles. The third kappa shape index (κ3) is 4.29. The van der Waals surface area contributed by atoms with Crippen LogP contribution in [-0.2, 0) is 17.4 Å². The minimum absolute atomic E-state index is 0.0529. The number of carbonyl (C=O) groups is 2. The van der Waals surface area contributed by atoms with Gasteiger partial charge in [0.05, 0.1) is 12.0 Å². The van der Waals surface area contributed by atoms with Crippen molar-refractivity contribution in [3.63, 3.8) is 0 Å². The number of halogens is 3. The number of fused-ring (bicyclic) bond motifs is 1. The first-order valence-corrected chi connectivity index (χ1v) is 11.5. The highest BCUT2D eigenvalue weighted by Gasteiger charge is 2.44. The molecule has 34 heavy (non-hydrogen) atoms. The van der Waals surface area contributed by atoms with Gasteiger partial charge in [-0.05, 0) is 49.1 Å². The molecule has 0 bridgehead atoms.